The van der Waals surface area contributed by atoms with Gasteiger partial charge in [0.25, 0.3) is 0 Å². The second kappa shape index (κ2) is 6.39. The highest BCUT2D eigenvalue weighted by atomic mass is 16.2. The Hall–Kier alpha value is -0.570. The molecule has 0 unspecified atom stereocenters. The highest BCUT2D eigenvalue weighted by Crippen LogP contribution is 2.23. The molecule has 1 aliphatic rings. The van der Waals surface area contributed by atoms with E-state index in [4.69, 9.17) is 0 Å². The Morgan fingerprint density at radius 3 is 2.35 bits per heavy atom. The quantitative estimate of drug-likeness (QED) is 0.817. The van der Waals surface area contributed by atoms with Gasteiger partial charge in [-0.05, 0) is 44.2 Å². The van der Waals surface area contributed by atoms with Gasteiger partial charge in [-0.15, -0.1) is 0 Å². The normalized spacial score (nSPS) is 18.5. The smallest absolute Gasteiger partial charge is 0.222 e. The topological polar surface area (TPSA) is 32.3 Å². The van der Waals surface area contributed by atoms with Crippen molar-refractivity contribution in [2.24, 2.45) is 11.3 Å². The Morgan fingerprint density at radius 1 is 1.29 bits per heavy atom. The molecule has 1 rings (SSSR count). The first-order valence-corrected chi connectivity index (χ1v) is 6.85. The Bertz CT molecular complexity index is 237. The third-order valence-corrected chi connectivity index (χ3v) is 3.55. The van der Waals surface area contributed by atoms with Crippen molar-refractivity contribution in [1.29, 1.82) is 0 Å². The van der Waals surface area contributed by atoms with Crippen LogP contribution in [-0.2, 0) is 4.79 Å². The average molecular weight is 240 g/mol. The van der Waals surface area contributed by atoms with Gasteiger partial charge in [-0.1, -0.05) is 20.8 Å². The number of likely N-dealkylation sites (tertiary alicyclic amines) is 1. The van der Waals surface area contributed by atoms with Crippen molar-refractivity contribution in [2.75, 3.05) is 26.7 Å². The molecule has 0 saturated carbocycles. The predicted molar refractivity (Wildman–Crippen MR) is 71.9 cm³/mol. The van der Waals surface area contributed by atoms with E-state index in [1.165, 1.54) is 0 Å². The van der Waals surface area contributed by atoms with E-state index in [2.05, 4.69) is 31.0 Å². The Labute approximate surface area is 106 Å². The van der Waals surface area contributed by atoms with Crippen LogP contribution in [0.15, 0.2) is 0 Å². The van der Waals surface area contributed by atoms with Crippen molar-refractivity contribution < 1.29 is 4.79 Å². The Morgan fingerprint density at radius 2 is 1.88 bits per heavy atom. The Balaban J connectivity index is 2.26. The molecular formula is C14H28N2O. The van der Waals surface area contributed by atoms with Gasteiger partial charge in [0.2, 0.25) is 5.91 Å². The molecule has 0 atom stereocenters. The number of amides is 1. The minimum atomic E-state index is 0.264. The number of hydrogen-bond donors (Lipinski definition) is 1. The third kappa shape index (κ3) is 5.53. The zero-order valence-electron chi connectivity index (χ0n) is 11.9. The predicted octanol–water partition coefficient (Wildman–Crippen LogP) is 2.27. The van der Waals surface area contributed by atoms with Crippen LogP contribution in [0.1, 0.15) is 46.5 Å². The molecule has 0 bridgehead atoms. The molecule has 1 saturated heterocycles. The van der Waals surface area contributed by atoms with Crippen molar-refractivity contribution in [3.8, 4) is 0 Å². The number of nitrogens with zero attached hydrogens (tertiary/aromatic N) is 1. The van der Waals surface area contributed by atoms with Crippen molar-refractivity contribution >= 4 is 5.91 Å². The fraction of sp³-hybridized carbons (Fsp3) is 0.929. The monoisotopic (exact) mass is 240 g/mol. The number of rotatable bonds is 4. The highest BCUT2D eigenvalue weighted by molar-refractivity contribution is 5.76. The summed E-state index contributed by atoms with van der Waals surface area (Å²) < 4.78 is 0. The van der Waals surface area contributed by atoms with Crippen LogP contribution < -0.4 is 5.32 Å². The lowest BCUT2D eigenvalue weighted by molar-refractivity contribution is -0.133. The minimum absolute atomic E-state index is 0.264. The first-order valence-electron chi connectivity index (χ1n) is 6.85. The first kappa shape index (κ1) is 14.5. The molecule has 3 nitrogen and oxygen atoms in total. The van der Waals surface area contributed by atoms with Gasteiger partial charge >= 0.3 is 0 Å². The summed E-state index contributed by atoms with van der Waals surface area (Å²) in [7, 11) is 2.00. The molecular weight excluding hydrogens is 212 g/mol. The summed E-state index contributed by atoms with van der Waals surface area (Å²) in [6, 6.07) is 0. The molecule has 0 aromatic carbocycles. The van der Waals surface area contributed by atoms with Gasteiger partial charge in [-0.3, -0.25) is 4.79 Å². The zero-order valence-corrected chi connectivity index (χ0v) is 11.9. The van der Waals surface area contributed by atoms with E-state index in [9.17, 15) is 4.79 Å². The summed E-state index contributed by atoms with van der Waals surface area (Å²) >= 11 is 0. The molecule has 0 aromatic heterocycles. The highest BCUT2D eigenvalue weighted by Gasteiger charge is 2.23. The zero-order chi connectivity index (χ0) is 12.9. The number of nitrogens with one attached hydrogen (secondary N) is 1. The molecule has 0 aliphatic carbocycles. The van der Waals surface area contributed by atoms with E-state index in [0.29, 0.717) is 12.3 Å². The van der Waals surface area contributed by atoms with Crippen LogP contribution in [0.2, 0.25) is 0 Å². The van der Waals surface area contributed by atoms with Gasteiger partial charge in [-0.2, -0.15) is 0 Å². The SMILES string of the molecule is CNCC1CCN(C(=O)CCC(C)(C)C)CC1. The molecule has 3 heteroatoms. The van der Waals surface area contributed by atoms with Crippen molar-refractivity contribution in [3.63, 3.8) is 0 Å². The van der Waals surface area contributed by atoms with E-state index >= 15 is 0 Å². The molecule has 0 radical (unpaired) electrons. The van der Waals surface area contributed by atoms with Crippen molar-refractivity contribution in [2.45, 2.75) is 46.5 Å². The van der Waals surface area contributed by atoms with Crippen LogP contribution >= 0.6 is 0 Å². The number of piperidine rings is 1. The van der Waals surface area contributed by atoms with E-state index in [-0.39, 0.29) is 5.41 Å². The standard InChI is InChI=1S/C14H28N2O/c1-14(2,3)8-5-13(17)16-9-6-12(7-10-16)11-15-4/h12,15H,5-11H2,1-4H3. The van der Waals surface area contributed by atoms with Crippen LogP contribution in [-0.4, -0.2) is 37.5 Å². The lowest BCUT2D eigenvalue weighted by atomic mass is 9.90. The second-order valence-corrected chi connectivity index (χ2v) is 6.44. The van der Waals surface area contributed by atoms with Gasteiger partial charge in [-0.25, -0.2) is 0 Å². The maximum atomic E-state index is 12.0. The van der Waals surface area contributed by atoms with Crippen LogP contribution in [0.25, 0.3) is 0 Å². The molecule has 1 fully saturated rings. The van der Waals surface area contributed by atoms with Crippen molar-refractivity contribution in [3.05, 3.63) is 0 Å². The summed E-state index contributed by atoms with van der Waals surface area (Å²) in [5.74, 6) is 1.11. The van der Waals surface area contributed by atoms with E-state index in [0.717, 1.165) is 44.8 Å². The molecule has 0 aromatic rings. The molecule has 100 valence electrons. The van der Waals surface area contributed by atoms with E-state index < -0.39 is 0 Å². The summed E-state index contributed by atoms with van der Waals surface area (Å²) in [6.45, 7) is 9.58. The summed E-state index contributed by atoms with van der Waals surface area (Å²) in [5, 5.41) is 3.22. The molecule has 1 heterocycles. The molecule has 1 N–H and O–H groups in total. The van der Waals surface area contributed by atoms with Crippen LogP contribution in [0.4, 0.5) is 0 Å². The maximum Gasteiger partial charge on any atom is 0.222 e. The number of hydrogen-bond acceptors (Lipinski definition) is 2. The van der Waals surface area contributed by atoms with Gasteiger partial charge in [0.05, 0.1) is 0 Å². The Kier molecular flexibility index (Phi) is 5.44. The van der Waals surface area contributed by atoms with Gasteiger partial charge in [0, 0.05) is 19.5 Å². The summed E-state index contributed by atoms with van der Waals surface area (Å²) in [6.07, 6.45) is 4.01. The molecule has 1 aliphatic heterocycles. The van der Waals surface area contributed by atoms with Crippen molar-refractivity contribution in [1.82, 2.24) is 10.2 Å². The number of carbonyl (C=O) groups excluding carboxylic acids is 1. The first-order chi connectivity index (χ1) is 7.92. The number of carbonyl (C=O) groups is 1. The lowest BCUT2D eigenvalue weighted by Gasteiger charge is -2.32. The van der Waals surface area contributed by atoms with Crippen LogP contribution in [0.5, 0.6) is 0 Å². The maximum absolute atomic E-state index is 12.0. The second-order valence-electron chi connectivity index (χ2n) is 6.44. The molecule has 17 heavy (non-hydrogen) atoms. The van der Waals surface area contributed by atoms with Crippen LogP contribution in [0.3, 0.4) is 0 Å². The fourth-order valence-electron chi connectivity index (χ4n) is 2.32. The average Bonchev–Trinajstić information content (AvgIpc) is 2.26. The van der Waals surface area contributed by atoms with E-state index in [1.54, 1.807) is 0 Å². The van der Waals surface area contributed by atoms with Gasteiger partial charge in [0.15, 0.2) is 0 Å². The fourth-order valence-corrected chi connectivity index (χ4v) is 2.32. The van der Waals surface area contributed by atoms with Gasteiger partial charge < -0.3 is 10.2 Å². The largest absolute Gasteiger partial charge is 0.343 e. The van der Waals surface area contributed by atoms with Crippen LogP contribution in [0, 0.1) is 11.3 Å². The lowest BCUT2D eigenvalue weighted by Crippen LogP contribution is -2.40. The minimum Gasteiger partial charge on any atom is -0.343 e. The molecule has 0 spiro atoms. The third-order valence-electron chi connectivity index (χ3n) is 3.55. The van der Waals surface area contributed by atoms with Gasteiger partial charge in [0.1, 0.15) is 0 Å². The molecule has 1 amide bonds. The van der Waals surface area contributed by atoms with E-state index in [1.807, 2.05) is 7.05 Å². The summed E-state index contributed by atoms with van der Waals surface area (Å²) in [4.78, 5) is 14.1. The summed E-state index contributed by atoms with van der Waals surface area (Å²) in [5.41, 5.74) is 0.264.